The minimum Gasteiger partial charge on any atom is -0.508 e. The fraction of sp³-hybridized carbons (Fsp3) is 0.545. The van der Waals surface area contributed by atoms with Gasteiger partial charge in [0, 0.05) is 17.7 Å². The highest BCUT2D eigenvalue weighted by Crippen LogP contribution is 2.47. The summed E-state index contributed by atoms with van der Waals surface area (Å²) in [6.07, 6.45) is -27.9. The monoisotopic (exact) mass is 756 g/mol. The Kier molecular flexibility index (Phi) is 11.6. The second-order valence-corrected chi connectivity index (χ2v) is 12.9. The quantitative estimate of drug-likeness (QED) is 0.0976. The van der Waals surface area contributed by atoms with Crippen LogP contribution in [0.4, 0.5) is 0 Å². The molecule has 3 aliphatic rings. The standard InChI is InChI=1S/C33H40O20/c34-7-16-23(41)27(45)31(53-33-29(47)26(44)22(40)18(9-36)52-33)30(49-16)20-15(50-32-28(46)25(43)21(39)17(8-35)51-32)6-14-19(24(20)42)12(38)5-13(48-14)10-1-3-11(37)4-2-10/h1-6,16-18,21-23,25-37,39-47H,7-9H2/t16-,17+,18-,21+,22+,23-,25+,26+,27+,28-,29-,30+,31-,32-,33+/m1/s1. The summed E-state index contributed by atoms with van der Waals surface area (Å²) >= 11 is 0. The molecular formula is C33H40O20. The zero-order chi connectivity index (χ0) is 38.5. The van der Waals surface area contributed by atoms with E-state index < -0.39 is 140 Å². The first-order chi connectivity index (χ1) is 25.2. The van der Waals surface area contributed by atoms with E-state index >= 15 is 0 Å². The van der Waals surface area contributed by atoms with Crippen molar-refractivity contribution in [2.75, 3.05) is 19.8 Å². The van der Waals surface area contributed by atoms with E-state index in [4.69, 9.17) is 28.1 Å². The average molecular weight is 757 g/mol. The van der Waals surface area contributed by atoms with Crippen LogP contribution in [0.25, 0.3) is 22.3 Å². The summed E-state index contributed by atoms with van der Waals surface area (Å²) in [5, 5.41) is 136. The molecule has 0 radical (unpaired) electrons. The van der Waals surface area contributed by atoms with Crippen molar-refractivity contribution in [3.8, 4) is 28.6 Å². The van der Waals surface area contributed by atoms with Gasteiger partial charge in [0.05, 0.1) is 25.4 Å². The van der Waals surface area contributed by atoms with Gasteiger partial charge in [0.15, 0.2) is 11.7 Å². The Hall–Kier alpha value is -3.55. The molecule has 3 aliphatic heterocycles. The Labute approximate surface area is 298 Å². The fourth-order valence-electron chi connectivity index (χ4n) is 6.53. The van der Waals surface area contributed by atoms with Crippen molar-refractivity contribution in [2.45, 2.75) is 91.9 Å². The summed E-state index contributed by atoms with van der Waals surface area (Å²) in [5.74, 6) is -1.67. The van der Waals surface area contributed by atoms with E-state index in [0.717, 1.165) is 12.1 Å². The summed E-state index contributed by atoms with van der Waals surface area (Å²) in [6, 6.07) is 7.53. The molecule has 13 N–H and O–H groups in total. The lowest BCUT2D eigenvalue weighted by atomic mass is 9.89. The van der Waals surface area contributed by atoms with Gasteiger partial charge < -0.3 is 94.5 Å². The molecule has 15 atom stereocenters. The number of ether oxygens (including phenoxy) is 5. The molecule has 0 amide bonds. The van der Waals surface area contributed by atoms with Gasteiger partial charge in [0.25, 0.3) is 0 Å². The molecule has 3 saturated heterocycles. The molecule has 4 heterocycles. The third-order valence-corrected chi connectivity index (χ3v) is 9.53. The van der Waals surface area contributed by atoms with Crippen LogP contribution >= 0.6 is 0 Å². The summed E-state index contributed by atoms with van der Waals surface area (Å²) < 4.78 is 34.4. The van der Waals surface area contributed by atoms with Crippen molar-refractivity contribution in [2.24, 2.45) is 0 Å². The number of aliphatic hydroxyl groups excluding tert-OH is 11. The molecule has 6 rings (SSSR count). The highest BCUT2D eigenvalue weighted by atomic mass is 16.7. The van der Waals surface area contributed by atoms with Crippen LogP contribution in [0.1, 0.15) is 11.7 Å². The molecule has 3 fully saturated rings. The van der Waals surface area contributed by atoms with Crippen molar-refractivity contribution >= 4 is 11.0 Å². The molecule has 0 unspecified atom stereocenters. The van der Waals surface area contributed by atoms with Gasteiger partial charge >= 0.3 is 0 Å². The molecule has 0 saturated carbocycles. The number of aromatic hydroxyl groups is 2. The summed E-state index contributed by atoms with van der Waals surface area (Å²) in [4.78, 5) is 13.6. The summed E-state index contributed by atoms with van der Waals surface area (Å²) in [5.41, 5.74) is -1.48. The van der Waals surface area contributed by atoms with E-state index in [0.29, 0.717) is 5.56 Å². The van der Waals surface area contributed by atoms with Gasteiger partial charge in [-0.25, -0.2) is 0 Å². The highest BCUT2D eigenvalue weighted by molar-refractivity contribution is 5.88. The van der Waals surface area contributed by atoms with Gasteiger partial charge in [-0.1, -0.05) is 0 Å². The lowest BCUT2D eigenvalue weighted by molar-refractivity contribution is -0.342. The minimum atomic E-state index is -2.07. The number of aliphatic hydroxyl groups is 11. The van der Waals surface area contributed by atoms with E-state index in [2.05, 4.69) is 0 Å². The van der Waals surface area contributed by atoms with Crippen LogP contribution < -0.4 is 10.2 Å². The fourth-order valence-corrected chi connectivity index (χ4v) is 6.53. The molecule has 0 aliphatic carbocycles. The lowest BCUT2D eigenvalue weighted by Gasteiger charge is -2.46. The Morgan fingerprint density at radius 1 is 0.623 bits per heavy atom. The first-order valence-corrected chi connectivity index (χ1v) is 16.4. The van der Waals surface area contributed by atoms with Gasteiger partial charge in [-0.3, -0.25) is 4.79 Å². The van der Waals surface area contributed by atoms with Gasteiger partial charge in [0.1, 0.15) is 113 Å². The molecule has 20 heteroatoms. The number of benzene rings is 2. The maximum Gasteiger partial charge on any atom is 0.229 e. The average Bonchev–Trinajstić information content (AvgIpc) is 3.14. The largest absolute Gasteiger partial charge is 0.508 e. The van der Waals surface area contributed by atoms with Gasteiger partial charge in [0.2, 0.25) is 6.29 Å². The lowest BCUT2D eigenvalue weighted by Crippen LogP contribution is -2.62. The highest BCUT2D eigenvalue weighted by Gasteiger charge is 2.53. The van der Waals surface area contributed by atoms with Crippen molar-refractivity contribution < 1.29 is 94.5 Å². The van der Waals surface area contributed by atoms with Crippen molar-refractivity contribution in [3.63, 3.8) is 0 Å². The molecule has 1 aromatic heterocycles. The molecule has 20 nitrogen and oxygen atoms in total. The number of hydrogen-bond acceptors (Lipinski definition) is 20. The number of fused-ring (bicyclic) bond motifs is 1. The second-order valence-electron chi connectivity index (χ2n) is 12.9. The van der Waals surface area contributed by atoms with Crippen molar-refractivity contribution in [1.82, 2.24) is 0 Å². The predicted octanol–water partition coefficient (Wildman–Crippen LogP) is -4.61. The third-order valence-electron chi connectivity index (χ3n) is 9.53. The van der Waals surface area contributed by atoms with E-state index in [-0.39, 0.29) is 17.1 Å². The van der Waals surface area contributed by atoms with Gasteiger partial charge in [-0.05, 0) is 24.3 Å². The Morgan fingerprint density at radius 2 is 1.15 bits per heavy atom. The van der Waals surface area contributed by atoms with Crippen LogP contribution in [0.3, 0.4) is 0 Å². The number of hydrogen-bond donors (Lipinski definition) is 13. The Bertz CT molecular complexity index is 1780. The Balaban J connectivity index is 1.52. The number of phenolic OH excluding ortho intramolecular Hbond substituents is 2. The van der Waals surface area contributed by atoms with Gasteiger partial charge in [-0.2, -0.15) is 0 Å². The molecule has 3 aromatic rings. The van der Waals surface area contributed by atoms with Crippen LogP contribution in [-0.4, -0.2) is 172 Å². The molecule has 0 spiro atoms. The zero-order valence-corrected chi connectivity index (χ0v) is 27.4. The Morgan fingerprint density at radius 3 is 1.74 bits per heavy atom. The third kappa shape index (κ3) is 7.21. The number of rotatable bonds is 9. The SMILES string of the molecule is O=c1cc(-c2ccc(O)cc2)oc2cc(O[C@@H]3O[C@@H](CO)[C@H](O)[C@H](O)[C@H]3O)c([C@@H]3O[C@H](CO)[C@@H](O)[C@H](O)[C@H]3O[C@@H]3O[C@H](CO)[C@H](O)[C@H](O)[C@H]3O)c(O)c12. The van der Waals surface area contributed by atoms with E-state index in [9.17, 15) is 71.2 Å². The summed E-state index contributed by atoms with van der Waals surface area (Å²) in [6.45, 7) is -2.65. The smallest absolute Gasteiger partial charge is 0.229 e. The van der Waals surface area contributed by atoms with Crippen LogP contribution in [-0.2, 0) is 18.9 Å². The van der Waals surface area contributed by atoms with E-state index in [1.807, 2.05) is 0 Å². The maximum atomic E-state index is 13.6. The molecule has 0 bridgehead atoms. The molecule has 2 aromatic carbocycles. The molecular weight excluding hydrogens is 716 g/mol. The van der Waals surface area contributed by atoms with Crippen LogP contribution in [0.2, 0.25) is 0 Å². The van der Waals surface area contributed by atoms with Crippen molar-refractivity contribution in [3.05, 3.63) is 52.2 Å². The van der Waals surface area contributed by atoms with E-state index in [1.54, 1.807) is 0 Å². The minimum absolute atomic E-state index is 0.0509. The van der Waals surface area contributed by atoms with Crippen LogP contribution in [0.15, 0.2) is 45.6 Å². The maximum absolute atomic E-state index is 13.6. The van der Waals surface area contributed by atoms with Crippen molar-refractivity contribution in [1.29, 1.82) is 0 Å². The predicted molar refractivity (Wildman–Crippen MR) is 171 cm³/mol. The molecule has 292 valence electrons. The first-order valence-electron chi connectivity index (χ1n) is 16.4. The van der Waals surface area contributed by atoms with Gasteiger partial charge in [-0.15, -0.1) is 0 Å². The number of phenols is 2. The van der Waals surface area contributed by atoms with Crippen LogP contribution in [0.5, 0.6) is 17.2 Å². The topological polar surface area (TPSA) is 339 Å². The molecule has 53 heavy (non-hydrogen) atoms. The summed E-state index contributed by atoms with van der Waals surface area (Å²) in [7, 11) is 0. The van der Waals surface area contributed by atoms with E-state index in [1.165, 1.54) is 24.3 Å². The zero-order valence-electron chi connectivity index (χ0n) is 27.4. The first kappa shape index (κ1) is 39.2. The van der Waals surface area contributed by atoms with Crippen LogP contribution in [0, 0.1) is 0 Å². The second kappa shape index (κ2) is 15.7. The normalized spacial score (nSPS) is 37.8.